The fourth-order valence-electron chi connectivity index (χ4n) is 1.60. The highest BCUT2D eigenvalue weighted by molar-refractivity contribution is 5.94. The van der Waals surface area contributed by atoms with Crippen LogP contribution < -0.4 is 0 Å². The van der Waals surface area contributed by atoms with E-state index in [0.29, 0.717) is 28.3 Å². The molecule has 0 saturated carbocycles. The molecular weight excluding hydrogens is 207 g/mol. The van der Waals surface area contributed by atoms with Crippen molar-refractivity contribution in [3.63, 3.8) is 0 Å². The zero-order chi connectivity index (χ0) is 11.5. The third-order valence-corrected chi connectivity index (χ3v) is 2.29. The van der Waals surface area contributed by atoms with Crippen LogP contribution >= 0.6 is 0 Å². The number of H-pyrrole nitrogens is 1. The summed E-state index contributed by atoms with van der Waals surface area (Å²) in [5, 5.41) is 9.18. The Morgan fingerprint density at radius 2 is 2.25 bits per heavy atom. The second-order valence-corrected chi connectivity index (χ2v) is 3.20. The Balaban J connectivity index is 2.76. The maximum Gasteiger partial charge on any atom is 0.142 e. The maximum atomic E-state index is 13.6. The molecule has 78 valence electrons. The molecule has 0 spiro atoms. The highest BCUT2D eigenvalue weighted by Gasteiger charge is 2.10. The first kappa shape index (κ1) is 10.1. The molecule has 1 aromatic carbocycles. The molecule has 0 atom stereocenters. The van der Waals surface area contributed by atoms with Crippen molar-refractivity contribution in [2.24, 2.45) is 0 Å². The van der Waals surface area contributed by atoms with Gasteiger partial charge in [0.2, 0.25) is 0 Å². The summed E-state index contributed by atoms with van der Waals surface area (Å²) in [6, 6.07) is 4.64. The van der Waals surface area contributed by atoms with Gasteiger partial charge in [-0.25, -0.2) is 4.39 Å². The van der Waals surface area contributed by atoms with Gasteiger partial charge >= 0.3 is 0 Å². The number of nitrogens with one attached hydrogen (secondary N) is 1. The lowest BCUT2D eigenvalue weighted by molar-refractivity contribution is -0.104. The van der Waals surface area contributed by atoms with Crippen LogP contribution in [-0.4, -0.2) is 11.3 Å². The second kappa shape index (κ2) is 3.99. The normalized spacial score (nSPS) is 10.8. The SMILES string of the molecule is N#Cc1ccc(F)c2c(/C=C/C=O)c[nH]c12. The molecule has 1 N–H and O–H groups in total. The Morgan fingerprint density at radius 1 is 1.44 bits per heavy atom. The van der Waals surface area contributed by atoms with Gasteiger partial charge in [0, 0.05) is 17.1 Å². The van der Waals surface area contributed by atoms with Crippen LogP contribution in [-0.2, 0) is 4.79 Å². The Hall–Kier alpha value is -2.41. The molecule has 2 rings (SSSR count). The zero-order valence-corrected chi connectivity index (χ0v) is 8.20. The van der Waals surface area contributed by atoms with Crippen molar-refractivity contribution in [3.05, 3.63) is 41.3 Å². The van der Waals surface area contributed by atoms with Crippen LogP contribution in [0.25, 0.3) is 17.0 Å². The Morgan fingerprint density at radius 3 is 2.94 bits per heavy atom. The Kier molecular flexibility index (Phi) is 2.52. The average molecular weight is 214 g/mol. The van der Waals surface area contributed by atoms with Gasteiger partial charge in [-0.3, -0.25) is 4.79 Å². The summed E-state index contributed by atoms with van der Waals surface area (Å²) in [5.41, 5.74) is 1.38. The molecular formula is C12H7FN2O. The van der Waals surface area contributed by atoms with Crippen LogP contribution in [0.2, 0.25) is 0 Å². The molecule has 0 amide bonds. The number of benzene rings is 1. The fraction of sp³-hybridized carbons (Fsp3) is 0. The van der Waals surface area contributed by atoms with Gasteiger partial charge in [0.05, 0.1) is 11.1 Å². The number of nitriles is 1. The summed E-state index contributed by atoms with van der Waals surface area (Å²) < 4.78 is 13.6. The van der Waals surface area contributed by atoms with E-state index in [-0.39, 0.29) is 0 Å². The van der Waals surface area contributed by atoms with Gasteiger partial charge in [-0.1, -0.05) is 0 Å². The third kappa shape index (κ3) is 1.48. The predicted octanol–water partition coefficient (Wildman–Crippen LogP) is 2.39. The summed E-state index contributed by atoms with van der Waals surface area (Å²) in [6.07, 6.45) is 4.95. The number of rotatable bonds is 2. The van der Waals surface area contributed by atoms with Crippen LogP contribution in [0.3, 0.4) is 0 Å². The van der Waals surface area contributed by atoms with Crippen molar-refractivity contribution in [2.75, 3.05) is 0 Å². The van der Waals surface area contributed by atoms with Gasteiger partial charge in [-0.2, -0.15) is 5.26 Å². The molecule has 0 fully saturated rings. The van der Waals surface area contributed by atoms with E-state index in [1.165, 1.54) is 24.3 Å². The summed E-state index contributed by atoms with van der Waals surface area (Å²) in [5.74, 6) is -0.416. The minimum absolute atomic E-state index is 0.331. The van der Waals surface area contributed by atoms with Gasteiger partial charge in [0.15, 0.2) is 0 Å². The molecule has 0 radical (unpaired) electrons. The second-order valence-electron chi connectivity index (χ2n) is 3.20. The van der Waals surface area contributed by atoms with Crippen molar-refractivity contribution < 1.29 is 9.18 Å². The van der Waals surface area contributed by atoms with Crippen LogP contribution in [0.15, 0.2) is 24.4 Å². The average Bonchev–Trinajstić information content (AvgIpc) is 2.72. The maximum absolute atomic E-state index is 13.6. The topological polar surface area (TPSA) is 56.6 Å². The largest absolute Gasteiger partial charge is 0.359 e. The number of aromatic nitrogens is 1. The smallest absolute Gasteiger partial charge is 0.142 e. The number of carbonyl (C=O) groups excluding carboxylic acids is 1. The molecule has 1 heterocycles. The number of allylic oxidation sites excluding steroid dienone is 1. The van der Waals surface area contributed by atoms with Crippen molar-refractivity contribution in [3.8, 4) is 6.07 Å². The standard InChI is InChI=1S/C12H7FN2O/c13-10-4-3-8(6-14)12-11(10)9(7-15-12)2-1-5-16/h1-5,7,15H/b2-1+. The van der Waals surface area contributed by atoms with Gasteiger partial charge < -0.3 is 4.98 Å². The van der Waals surface area contributed by atoms with E-state index >= 15 is 0 Å². The van der Waals surface area contributed by atoms with E-state index in [1.807, 2.05) is 6.07 Å². The van der Waals surface area contributed by atoms with Gasteiger partial charge in [0.1, 0.15) is 18.2 Å². The first-order valence-electron chi connectivity index (χ1n) is 4.59. The number of hydrogen-bond acceptors (Lipinski definition) is 2. The number of aromatic amines is 1. The van der Waals surface area contributed by atoms with Crippen LogP contribution in [0.1, 0.15) is 11.1 Å². The Bertz CT molecular complexity index is 620. The van der Waals surface area contributed by atoms with E-state index in [1.54, 1.807) is 6.20 Å². The van der Waals surface area contributed by atoms with Crippen LogP contribution in [0.4, 0.5) is 4.39 Å². The summed E-state index contributed by atoms with van der Waals surface area (Å²) in [7, 11) is 0. The van der Waals surface area contributed by atoms with Gasteiger partial charge in [-0.15, -0.1) is 0 Å². The van der Waals surface area contributed by atoms with Crippen molar-refractivity contribution in [1.82, 2.24) is 4.98 Å². The van der Waals surface area contributed by atoms with E-state index in [9.17, 15) is 9.18 Å². The molecule has 3 nitrogen and oxygen atoms in total. The third-order valence-electron chi connectivity index (χ3n) is 2.29. The van der Waals surface area contributed by atoms with Gasteiger partial charge in [-0.05, 0) is 24.3 Å². The first-order valence-corrected chi connectivity index (χ1v) is 4.59. The van der Waals surface area contributed by atoms with E-state index in [4.69, 9.17) is 5.26 Å². The number of nitrogens with zero attached hydrogens (tertiary/aromatic N) is 1. The minimum atomic E-state index is -0.416. The molecule has 0 unspecified atom stereocenters. The zero-order valence-electron chi connectivity index (χ0n) is 8.20. The summed E-state index contributed by atoms with van der Waals surface area (Å²) >= 11 is 0. The first-order chi connectivity index (χ1) is 7.77. The van der Waals surface area contributed by atoms with Crippen LogP contribution in [0, 0.1) is 17.1 Å². The minimum Gasteiger partial charge on any atom is -0.359 e. The van der Waals surface area contributed by atoms with Crippen molar-refractivity contribution in [1.29, 1.82) is 5.26 Å². The molecule has 16 heavy (non-hydrogen) atoms. The molecule has 0 bridgehead atoms. The fourth-order valence-corrected chi connectivity index (χ4v) is 1.60. The predicted molar refractivity (Wildman–Crippen MR) is 58.1 cm³/mol. The van der Waals surface area contributed by atoms with E-state index < -0.39 is 5.82 Å². The number of halogens is 1. The number of carbonyl (C=O) groups is 1. The summed E-state index contributed by atoms with van der Waals surface area (Å²) in [4.78, 5) is 13.0. The lowest BCUT2D eigenvalue weighted by Crippen LogP contribution is -1.82. The quantitative estimate of drug-likeness (QED) is 0.616. The van der Waals surface area contributed by atoms with E-state index in [2.05, 4.69) is 4.98 Å². The molecule has 1 aromatic heterocycles. The monoisotopic (exact) mass is 214 g/mol. The lowest BCUT2D eigenvalue weighted by Gasteiger charge is -1.96. The highest BCUT2D eigenvalue weighted by atomic mass is 19.1. The molecule has 0 saturated heterocycles. The highest BCUT2D eigenvalue weighted by Crippen LogP contribution is 2.25. The van der Waals surface area contributed by atoms with Gasteiger partial charge in [0.25, 0.3) is 0 Å². The van der Waals surface area contributed by atoms with E-state index in [0.717, 1.165) is 0 Å². The Labute approximate surface area is 90.8 Å². The van der Waals surface area contributed by atoms with Crippen molar-refractivity contribution >= 4 is 23.3 Å². The molecule has 0 aliphatic rings. The van der Waals surface area contributed by atoms with Crippen LogP contribution in [0.5, 0.6) is 0 Å². The molecule has 2 aromatic rings. The molecule has 4 heteroatoms. The summed E-state index contributed by atoms with van der Waals surface area (Å²) in [6.45, 7) is 0. The number of hydrogen-bond donors (Lipinski definition) is 1. The number of fused-ring (bicyclic) bond motifs is 1. The molecule has 0 aliphatic carbocycles. The van der Waals surface area contributed by atoms with Crippen molar-refractivity contribution in [2.45, 2.75) is 0 Å². The molecule has 0 aliphatic heterocycles. The lowest BCUT2D eigenvalue weighted by atomic mass is 10.1. The number of aldehydes is 1.